The highest BCUT2D eigenvalue weighted by molar-refractivity contribution is 5.73. The van der Waals surface area contributed by atoms with Gasteiger partial charge in [0.25, 0.3) is 5.56 Å². The lowest BCUT2D eigenvalue weighted by molar-refractivity contribution is -0.0446. The molecule has 0 atom stereocenters. The average molecular weight is 442 g/mol. The summed E-state index contributed by atoms with van der Waals surface area (Å²) in [6, 6.07) is 4.21. The summed E-state index contributed by atoms with van der Waals surface area (Å²) in [6.07, 6.45) is 5.21. The van der Waals surface area contributed by atoms with E-state index in [4.69, 9.17) is 0 Å². The van der Waals surface area contributed by atoms with Crippen molar-refractivity contribution in [1.82, 2.24) is 29.5 Å². The SMILES string of the molecule is Cn1cc(-c2ccc(F)cc2Cc2nc3c(cnn3C3CCC(F)(F)CC3)c(=O)[nH]2)cn1. The predicted octanol–water partition coefficient (Wildman–Crippen LogP) is 4.00. The highest BCUT2D eigenvalue weighted by Gasteiger charge is 2.36. The van der Waals surface area contributed by atoms with E-state index in [-0.39, 0.29) is 43.7 Å². The number of aryl methyl sites for hydroxylation is 1. The fourth-order valence-electron chi connectivity index (χ4n) is 4.33. The number of benzene rings is 1. The van der Waals surface area contributed by atoms with Gasteiger partial charge in [0.05, 0.1) is 18.4 Å². The third kappa shape index (κ3) is 3.80. The van der Waals surface area contributed by atoms with Gasteiger partial charge in [-0.15, -0.1) is 0 Å². The Bertz CT molecular complexity index is 1350. The molecule has 0 aliphatic heterocycles. The van der Waals surface area contributed by atoms with Crippen LogP contribution in [-0.2, 0) is 13.5 Å². The number of aromatic amines is 1. The Balaban J connectivity index is 1.52. The molecule has 1 aliphatic carbocycles. The molecule has 166 valence electrons. The lowest BCUT2D eigenvalue weighted by Crippen LogP contribution is -2.27. The number of aromatic nitrogens is 6. The standard InChI is InChI=1S/C22H21F3N6O/c1-30-12-14(10-26-30)17-3-2-15(23)8-13(17)9-19-28-20-18(21(32)29-19)11-27-31(20)16-4-6-22(24,25)7-5-16/h2-3,8,10-12,16H,4-7,9H2,1H3,(H,28,29,32). The molecule has 1 N–H and O–H groups in total. The summed E-state index contributed by atoms with van der Waals surface area (Å²) in [4.78, 5) is 20.0. The zero-order chi connectivity index (χ0) is 22.5. The van der Waals surface area contributed by atoms with Gasteiger partial charge in [0.1, 0.15) is 17.0 Å². The third-order valence-corrected chi connectivity index (χ3v) is 5.99. The summed E-state index contributed by atoms with van der Waals surface area (Å²) in [5, 5.41) is 8.75. The van der Waals surface area contributed by atoms with Crippen molar-refractivity contribution in [1.29, 1.82) is 0 Å². The molecule has 7 nitrogen and oxygen atoms in total. The molecule has 1 fully saturated rings. The van der Waals surface area contributed by atoms with Gasteiger partial charge in [-0.1, -0.05) is 6.07 Å². The number of alkyl halides is 2. The smallest absolute Gasteiger partial charge is 0.262 e. The maximum Gasteiger partial charge on any atom is 0.262 e. The molecule has 0 amide bonds. The number of hydrogen-bond donors (Lipinski definition) is 1. The lowest BCUT2D eigenvalue weighted by atomic mass is 9.92. The van der Waals surface area contributed by atoms with Gasteiger partial charge in [-0.3, -0.25) is 9.48 Å². The number of rotatable bonds is 4. The van der Waals surface area contributed by atoms with E-state index in [0.717, 1.165) is 11.1 Å². The third-order valence-electron chi connectivity index (χ3n) is 5.99. The summed E-state index contributed by atoms with van der Waals surface area (Å²) in [5.74, 6) is -2.71. The highest BCUT2D eigenvalue weighted by atomic mass is 19.3. The van der Waals surface area contributed by atoms with E-state index in [9.17, 15) is 18.0 Å². The summed E-state index contributed by atoms with van der Waals surface area (Å²) < 4.78 is 44.4. The molecule has 4 aromatic rings. The second-order valence-electron chi connectivity index (χ2n) is 8.31. The summed E-state index contributed by atoms with van der Waals surface area (Å²) in [5.41, 5.74) is 2.24. The minimum Gasteiger partial charge on any atom is -0.310 e. The van der Waals surface area contributed by atoms with Gasteiger partial charge < -0.3 is 4.98 Å². The van der Waals surface area contributed by atoms with E-state index in [2.05, 4.69) is 20.2 Å². The van der Waals surface area contributed by atoms with Crippen molar-refractivity contribution in [3.63, 3.8) is 0 Å². The molecule has 1 saturated carbocycles. The van der Waals surface area contributed by atoms with Crippen molar-refractivity contribution in [3.05, 3.63) is 64.3 Å². The van der Waals surface area contributed by atoms with Gasteiger partial charge in [-0.2, -0.15) is 10.2 Å². The molecule has 3 heterocycles. The van der Waals surface area contributed by atoms with E-state index < -0.39 is 11.7 Å². The highest BCUT2D eigenvalue weighted by Crippen LogP contribution is 2.38. The van der Waals surface area contributed by atoms with Crippen LogP contribution in [0.1, 0.15) is 43.1 Å². The van der Waals surface area contributed by atoms with E-state index in [1.807, 2.05) is 6.20 Å². The van der Waals surface area contributed by atoms with Crippen LogP contribution >= 0.6 is 0 Å². The Hall–Kier alpha value is -3.43. The second-order valence-corrected chi connectivity index (χ2v) is 8.31. The molecule has 10 heteroatoms. The molecule has 0 saturated heterocycles. The topological polar surface area (TPSA) is 81.4 Å². The fraction of sp³-hybridized carbons (Fsp3) is 0.364. The van der Waals surface area contributed by atoms with Crippen molar-refractivity contribution in [3.8, 4) is 11.1 Å². The molecule has 0 radical (unpaired) electrons. The first-order valence-electron chi connectivity index (χ1n) is 10.4. The van der Waals surface area contributed by atoms with Gasteiger partial charge in [0.15, 0.2) is 5.65 Å². The Morgan fingerprint density at radius 2 is 1.97 bits per heavy atom. The van der Waals surface area contributed by atoms with Crippen LogP contribution in [0.3, 0.4) is 0 Å². The summed E-state index contributed by atoms with van der Waals surface area (Å²) in [6.45, 7) is 0. The van der Waals surface area contributed by atoms with Gasteiger partial charge in [0.2, 0.25) is 5.92 Å². The number of fused-ring (bicyclic) bond motifs is 1. The minimum absolute atomic E-state index is 0.182. The monoisotopic (exact) mass is 442 g/mol. The largest absolute Gasteiger partial charge is 0.310 e. The van der Waals surface area contributed by atoms with Crippen molar-refractivity contribution in [2.24, 2.45) is 7.05 Å². The van der Waals surface area contributed by atoms with Gasteiger partial charge >= 0.3 is 0 Å². The molecule has 32 heavy (non-hydrogen) atoms. The Kier molecular flexibility index (Phi) is 4.87. The van der Waals surface area contributed by atoms with Crippen LogP contribution in [0, 0.1) is 5.82 Å². The van der Waals surface area contributed by atoms with E-state index in [0.29, 0.717) is 22.4 Å². The summed E-state index contributed by atoms with van der Waals surface area (Å²) >= 11 is 0. The molecule has 0 bridgehead atoms. The minimum atomic E-state index is -2.66. The van der Waals surface area contributed by atoms with Crippen LogP contribution in [0.15, 0.2) is 41.6 Å². The Morgan fingerprint density at radius 3 is 2.69 bits per heavy atom. The van der Waals surface area contributed by atoms with Crippen LogP contribution in [0.4, 0.5) is 13.2 Å². The van der Waals surface area contributed by atoms with Crippen LogP contribution < -0.4 is 5.56 Å². The van der Waals surface area contributed by atoms with Gasteiger partial charge in [-0.05, 0) is 36.1 Å². The Morgan fingerprint density at radius 1 is 1.19 bits per heavy atom. The van der Waals surface area contributed by atoms with Crippen molar-refractivity contribution < 1.29 is 13.2 Å². The zero-order valence-electron chi connectivity index (χ0n) is 17.4. The maximum atomic E-state index is 14.0. The molecule has 1 aliphatic rings. The predicted molar refractivity (Wildman–Crippen MR) is 112 cm³/mol. The first-order valence-corrected chi connectivity index (χ1v) is 10.4. The van der Waals surface area contributed by atoms with E-state index in [1.165, 1.54) is 18.3 Å². The average Bonchev–Trinajstić information content (AvgIpc) is 3.35. The molecule has 0 unspecified atom stereocenters. The number of H-pyrrole nitrogens is 1. The van der Waals surface area contributed by atoms with Crippen molar-refractivity contribution in [2.45, 2.75) is 44.1 Å². The Labute approximate surface area is 180 Å². The maximum absolute atomic E-state index is 14.0. The van der Waals surface area contributed by atoms with E-state index in [1.54, 1.807) is 28.7 Å². The molecule has 3 aromatic heterocycles. The van der Waals surface area contributed by atoms with Crippen LogP contribution in [0.5, 0.6) is 0 Å². The number of nitrogens with one attached hydrogen (secondary N) is 1. The van der Waals surface area contributed by atoms with Crippen LogP contribution in [-0.4, -0.2) is 35.5 Å². The quantitative estimate of drug-likeness (QED) is 0.518. The van der Waals surface area contributed by atoms with Crippen LogP contribution in [0.2, 0.25) is 0 Å². The van der Waals surface area contributed by atoms with Crippen molar-refractivity contribution in [2.75, 3.05) is 0 Å². The number of halogens is 3. The zero-order valence-corrected chi connectivity index (χ0v) is 17.4. The second kappa shape index (κ2) is 7.61. The number of hydrogen-bond acceptors (Lipinski definition) is 4. The van der Waals surface area contributed by atoms with E-state index >= 15 is 0 Å². The molecule has 0 spiro atoms. The summed E-state index contributed by atoms with van der Waals surface area (Å²) in [7, 11) is 1.79. The van der Waals surface area contributed by atoms with Gasteiger partial charge in [-0.25, -0.2) is 22.8 Å². The molecular weight excluding hydrogens is 421 g/mol. The lowest BCUT2D eigenvalue weighted by Gasteiger charge is -2.28. The molecule has 5 rings (SSSR count). The molecular formula is C22H21F3N6O. The first-order chi connectivity index (χ1) is 15.3. The first kappa shape index (κ1) is 20.5. The fourth-order valence-corrected chi connectivity index (χ4v) is 4.33. The number of nitrogens with zero attached hydrogens (tertiary/aromatic N) is 5. The van der Waals surface area contributed by atoms with Crippen molar-refractivity contribution >= 4 is 11.0 Å². The normalized spacial score (nSPS) is 16.6. The van der Waals surface area contributed by atoms with Crippen LogP contribution in [0.25, 0.3) is 22.2 Å². The van der Waals surface area contributed by atoms with Gasteiger partial charge in [0, 0.05) is 38.1 Å². The molecule has 1 aromatic carbocycles.